The molecule has 0 spiro atoms. The third-order valence-corrected chi connectivity index (χ3v) is 5.48. The van der Waals surface area contributed by atoms with Gasteiger partial charge in [-0.25, -0.2) is 5.43 Å². The number of anilines is 5. The van der Waals surface area contributed by atoms with E-state index in [1.807, 2.05) is 60.7 Å². The van der Waals surface area contributed by atoms with Gasteiger partial charge in [0.2, 0.25) is 17.8 Å². The molecular weight excluding hydrogens is 466 g/mol. The molecule has 1 heterocycles. The molecular formula is C28H31N7O2. The summed E-state index contributed by atoms with van der Waals surface area (Å²) in [6.07, 6.45) is 1.73. The van der Waals surface area contributed by atoms with E-state index in [4.69, 9.17) is 9.47 Å². The lowest BCUT2D eigenvalue weighted by molar-refractivity contribution is 0.415. The lowest BCUT2D eigenvalue weighted by Crippen LogP contribution is -2.10. The summed E-state index contributed by atoms with van der Waals surface area (Å²) >= 11 is 0. The van der Waals surface area contributed by atoms with Gasteiger partial charge in [0.25, 0.3) is 0 Å². The first kappa shape index (κ1) is 25.4. The van der Waals surface area contributed by atoms with E-state index in [-0.39, 0.29) is 11.4 Å². The van der Waals surface area contributed by atoms with E-state index in [2.05, 4.69) is 69.0 Å². The zero-order chi connectivity index (χ0) is 26.3. The van der Waals surface area contributed by atoms with Crippen LogP contribution in [0.5, 0.6) is 11.5 Å². The standard InChI is InChI=1S/C28H31N7O2/c1-28(2,3)20-8-6-19(7-9-20)18-29-35-27-33-25(30-21-10-14-23(36-4)15-11-21)32-26(34-27)31-22-12-16-24(37-5)17-13-22/h6-18H,1-5H3,(H3,30,31,32,33,34,35)/b29-18-. The van der Waals surface area contributed by atoms with Gasteiger partial charge in [0.15, 0.2) is 0 Å². The van der Waals surface area contributed by atoms with Gasteiger partial charge in [-0.15, -0.1) is 0 Å². The van der Waals surface area contributed by atoms with Crippen molar-refractivity contribution < 1.29 is 9.47 Å². The van der Waals surface area contributed by atoms with Crippen LogP contribution in [-0.4, -0.2) is 35.4 Å². The molecule has 0 aliphatic rings. The van der Waals surface area contributed by atoms with Crippen LogP contribution < -0.4 is 25.5 Å². The van der Waals surface area contributed by atoms with E-state index < -0.39 is 0 Å². The van der Waals surface area contributed by atoms with Gasteiger partial charge in [0.05, 0.1) is 20.4 Å². The summed E-state index contributed by atoms with van der Waals surface area (Å²) in [5.41, 5.74) is 6.84. The maximum absolute atomic E-state index is 5.23. The molecule has 0 saturated heterocycles. The Bertz CT molecular complexity index is 1260. The van der Waals surface area contributed by atoms with Crippen molar-refractivity contribution in [2.45, 2.75) is 26.2 Å². The number of benzene rings is 3. The fourth-order valence-electron chi connectivity index (χ4n) is 3.38. The van der Waals surface area contributed by atoms with Crippen molar-refractivity contribution in [3.05, 3.63) is 83.9 Å². The highest BCUT2D eigenvalue weighted by Gasteiger charge is 2.12. The van der Waals surface area contributed by atoms with Crippen LogP contribution in [0, 0.1) is 0 Å². The number of methoxy groups -OCH3 is 2. The molecule has 37 heavy (non-hydrogen) atoms. The predicted octanol–water partition coefficient (Wildman–Crippen LogP) is 6.12. The van der Waals surface area contributed by atoms with E-state index in [9.17, 15) is 0 Å². The van der Waals surface area contributed by atoms with E-state index in [0.717, 1.165) is 28.4 Å². The van der Waals surface area contributed by atoms with Crippen LogP contribution in [0.1, 0.15) is 31.9 Å². The molecule has 3 N–H and O–H groups in total. The van der Waals surface area contributed by atoms with Crippen molar-refractivity contribution >= 4 is 35.4 Å². The SMILES string of the molecule is COc1ccc(Nc2nc(N/N=C\c3ccc(C(C)(C)C)cc3)nc(Nc3ccc(OC)cc3)n2)cc1. The van der Waals surface area contributed by atoms with Crippen molar-refractivity contribution in [1.29, 1.82) is 0 Å². The van der Waals surface area contributed by atoms with Gasteiger partial charge in [-0.05, 0) is 65.1 Å². The second-order valence-corrected chi connectivity index (χ2v) is 9.26. The molecule has 0 fully saturated rings. The first-order valence-corrected chi connectivity index (χ1v) is 11.8. The van der Waals surface area contributed by atoms with Crippen LogP contribution >= 0.6 is 0 Å². The lowest BCUT2D eigenvalue weighted by Gasteiger charge is -2.18. The van der Waals surface area contributed by atoms with Gasteiger partial charge in [-0.2, -0.15) is 20.1 Å². The van der Waals surface area contributed by atoms with Gasteiger partial charge in [-0.1, -0.05) is 45.0 Å². The fraction of sp³-hybridized carbons (Fsp3) is 0.214. The molecule has 9 nitrogen and oxygen atoms in total. The van der Waals surface area contributed by atoms with Crippen molar-refractivity contribution in [1.82, 2.24) is 15.0 Å². The highest BCUT2D eigenvalue weighted by atomic mass is 16.5. The minimum absolute atomic E-state index is 0.0966. The van der Waals surface area contributed by atoms with Crippen LogP contribution in [0.25, 0.3) is 0 Å². The molecule has 0 aliphatic heterocycles. The van der Waals surface area contributed by atoms with Gasteiger partial charge in [0.1, 0.15) is 11.5 Å². The van der Waals surface area contributed by atoms with Crippen molar-refractivity contribution in [3.8, 4) is 11.5 Å². The number of rotatable bonds is 9. The zero-order valence-electron chi connectivity index (χ0n) is 21.6. The molecule has 0 unspecified atom stereocenters. The molecule has 4 aromatic rings. The molecule has 4 rings (SSSR count). The normalized spacial score (nSPS) is 11.3. The van der Waals surface area contributed by atoms with Gasteiger partial charge < -0.3 is 20.1 Å². The Morgan fingerprint density at radius 3 is 1.54 bits per heavy atom. The monoisotopic (exact) mass is 497 g/mol. The fourth-order valence-corrected chi connectivity index (χ4v) is 3.38. The van der Waals surface area contributed by atoms with Crippen molar-refractivity contribution in [3.63, 3.8) is 0 Å². The number of hydrogen-bond acceptors (Lipinski definition) is 9. The van der Waals surface area contributed by atoms with Crippen molar-refractivity contribution in [2.24, 2.45) is 5.10 Å². The number of hydrogen-bond donors (Lipinski definition) is 3. The molecule has 0 radical (unpaired) electrons. The summed E-state index contributed by atoms with van der Waals surface area (Å²) in [5.74, 6) is 2.50. The molecule has 0 aliphatic carbocycles. The van der Waals surface area contributed by atoms with E-state index in [1.54, 1.807) is 20.4 Å². The van der Waals surface area contributed by atoms with Gasteiger partial charge in [0, 0.05) is 11.4 Å². The molecule has 190 valence electrons. The summed E-state index contributed by atoms with van der Waals surface area (Å²) in [6.45, 7) is 6.56. The largest absolute Gasteiger partial charge is 0.497 e. The first-order valence-electron chi connectivity index (χ1n) is 11.8. The van der Waals surface area contributed by atoms with E-state index in [0.29, 0.717) is 11.9 Å². The first-order chi connectivity index (χ1) is 17.8. The highest BCUT2D eigenvalue weighted by Crippen LogP contribution is 2.23. The average molecular weight is 498 g/mol. The van der Waals surface area contributed by atoms with Crippen LogP contribution in [0.3, 0.4) is 0 Å². The molecule has 9 heteroatoms. The summed E-state index contributed by atoms with van der Waals surface area (Å²) in [7, 11) is 3.26. The molecule has 0 bridgehead atoms. The van der Waals surface area contributed by atoms with Crippen molar-refractivity contribution in [2.75, 3.05) is 30.3 Å². The topological polar surface area (TPSA) is 106 Å². The van der Waals surface area contributed by atoms with Crippen LogP contribution in [0.2, 0.25) is 0 Å². The maximum atomic E-state index is 5.23. The van der Waals surface area contributed by atoms with Crippen LogP contribution in [0.15, 0.2) is 77.9 Å². The maximum Gasteiger partial charge on any atom is 0.250 e. The zero-order valence-corrected chi connectivity index (χ0v) is 21.6. The predicted molar refractivity (Wildman–Crippen MR) is 149 cm³/mol. The quantitative estimate of drug-likeness (QED) is 0.188. The van der Waals surface area contributed by atoms with Crippen LogP contribution in [0.4, 0.5) is 29.2 Å². The Hall–Kier alpha value is -4.66. The third kappa shape index (κ3) is 7.17. The molecule has 0 atom stereocenters. The highest BCUT2D eigenvalue weighted by molar-refractivity contribution is 5.80. The van der Waals surface area contributed by atoms with Gasteiger partial charge in [-0.3, -0.25) is 0 Å². The van der Waals surface area contributed by atoms with Crippen LogP contribution in [-0.2, 0) is 5.41 Å². The Labute approximate surface area is 217 Å². The summed E-state index contributed by atoms with van der Waals surface area (Å²) in [5, 5.41) is 10.7. The number of nitrogens with one attached hydrogen (secondary N) is 3. The number of ether oxygens (including phenoxy) is 2. The molecule has 1 aromatic heterocycles. The number of aromatic nitrogens is 3. The second kappa shape index (κ2) is 11.4. The Morgan fingerprint density at radius 1 is 0.649 bits per heavy atom. The Morgan fingerprint density at radius 2 is 1.11 bits per heavy atom. The molecule has 0 saturated carbocycles. The average Bonchev–Trinajstić information content (AvgIpc) is 2.89. The van der Waals surface area contributed by atoms with Gasteiger partial charge >= 0.3 is 0 Å². The smallest absolute Gasteiger partial charge is 0.250 e. The number of nitrogens with zero attached hydrogens (tertiary/aromatic N) is 4. The Balaban J connectivity index is 1.54. The summed E-state index contributed by atoms with van der Waals surface area (Å²) in [6, 6.07) is 23.2. The molecule has 0 amide bonds. The van der Waals surface area contributed by atoms with E-state index in [1.165, 1.54) is 5.56 Å². The summed E-state index contributed by atoms with van der Waals surface area (Å²) in [4.78, 5) is 13.4. The molecule has 3 aromatic carbocycles. The second-order valence-electron chi connectivity index (χ2n) is 9.26. The lowest BCUT2D eigenvalue weighted by atomic mass is 9.87. The minimum Gasteiger partial charge on any atom is -0.497 e. The third-order valence-electron chi connectivity index (χ3n) is 5.48. The Kier molecular flexibility index (Phi) is 7.83. The van der Waals surface area contributed by atoms with E-state index >= 15 is 0 Å². The minimum atomic E-state index is 0.0966. The summed E-state index contributed by atoms with van der Waals surface area (Å²) < 4.78 is 10.5. The number of hydrazone groups is 1.